The number of anilines is 1. The quantitative estimate of drug-likeness (QED) is 0.562. The number of hydrogen-bond donors (Lipinski definition) is 1. The van der Waals surface area contributed by atoms with Crippen LogP contribution in [0, 0.1) is 13.8 Å². The number of benzene rings is 2. The molecule has 0 unspecified atom stereocenters. The minimum Gasteiger partial charge on any atom is -0.484 e. The fourth-order valence-corrected chi connectivity index (χ4v) is 3.10. The number of carbonyl (C=O) groups excluding carboxylic acids is 1. The molecule has 0 aliphatic rings. The number of carbonyl (C=O) groups is 1. The second kappa shape index (κ2) is 9.41. The molecule has 1 N–H and O–H groups in total. The van der Waals surface area contributed by atoms with Crippen LogP contribution in [0.4, 0.5) is 5.69 Å². The number of nitrogens with one attached hydrogen (secondary N) is 1. The Hall–Kier alpha value is -2.80. The molecular formula is C21H23N3O3S. The number of thioether (sulfide) groups is 1. The van der Waals surface area contributed by atoms with E-state index in [-0.39, 0.29) is 18.3 Å². The van der Waals surface area contributed by atoms with E-state index < -0.39 is 0 Å². The van der Waals surface area contributed by atoms with E-state index in [0.717, 1.165) is 29.0 Å². The lowest BCUT2D eigenvalue weighted by Crippen LogP contribution is -2.15. The summed E-state index contributed by atoms with van der Waals surface area (Å²) in [5, 5.41) is 11.2. The number of nitrogens with zero attached hydrogens (tertiary/aromatic N) is 2. The molecule has 7 heteroatoms. The summed E-state index contributed by atoms with van der Waals surface area (Å²) in [6.07, 6.45) is 0.988. The minimum atomic E-state index is -0.120. The van der Waals surface area contributed by atoms with Crippen molar-refractivity contribution in [3.63, 3.8) is 0 Å². The molecule has 1 aromatic heterocycles. The fourth-order valence-electron chi connectivity index (χ4n) is 2.52. The highest BCUT2D eigenvalue weighted by Gasteiger charge is 2.11. The lowest BCUT2D eigenvalue weighted by molar-refractivity contribution is -0.113. The SMILES string of the molecule is CCc1ccc(OCc2nnc(SCC(=O)Nc3cccc(C)c3C)o2)cc1. The average molecular weight is 398 g/mol. The van der Waals surface area contributed by atoms with Gasteiger partial charge in [0, 0.05) is 5.69 Å². The van der Waals surface area contributed by atoms with E-state index in [1.54, 1.807) is 0 Å². The molecular weight excluding hydrogens is 374 g/mol. The molecule has 1 heterocycles. The molecule has 0 radical (unpaired) electrons. The summed E-state index contributed by atoms with van der Waals surface area (Å²) in [4.78, 5) is 12.2. The molecule has 0 saturated carbocycles. The van der Waals surface area contributed by atoms with Gasteiger partial charge in [-0.2, -0.15) is 0 Å². The summed E-state index contributed by atoms with van der Waals surface area (Å²) in [5.74, 6) is 1.19. The van der Waals surface area contributed by atoms with Gasteiger partial charge in [0.15, 0.2) is 6.61 Å². The van der Waals surface area contributed by atoms with E-state index in [1.165, 1.54) is 17.3 Å². The normalized spacial score (nSPS) is 10.7. The summed E-state index contributed by atoms with van der Waals surface area (Å²) in [6, 6.07) is 13.7. The van der Waals surface area contributed by atoms with Crippen molar-refractivity contribution < 1.29 is 13.9 Å². The van der Waals surface area contributed by atoms with E-state index in [2.05, 4.69) is 22.4 Å². The second-order valence-corrected chi connectivity index (χ2v) is 7.26. The topological polar surface area (TPSA) is 77.2 Å². The molecule has 3 rings (SSSR count). The van der Waals surface area contributed by atoms with Crippen LogP contribution in [0.25, 0.3) is 0 Å². The predicted octanol–water partition coefficient (Wildman–Crippen LogP) is 4.56. The maximum atomic E-state index is 12.2. The van der Waals surface area contributed by atoms with Crippen LogP contribution in [-0.4, -0.2) is 21.9 Å². The van der Waals surface area contributed by atoms with Crippen molar-refractivity contribution in [3.05, 3.63) is 65.0 Å². The fraction of sp³-hybridized carbons (Fsp3) is 0.286. The summed E-state index contributed by atoms with van der Waals surface area (Å²) in [5.41, 5.74) is 4.27. The molecule has 0 spiro atoms. The van der Waals surface area contributed by atoms with Gasteiger partial charge in [-0.1, -0.05) is 43.0 Å². The largest absolute Gasteiger partial charge is 0.484 e. The Morgan fingerprint density at radius 2 is 1.93 bits per heavy atom. The zero-order valence-corrected chi connectivity index (χ0v) is 17.0. The van der Waals surface area contributed by atoms with Crippen LogP contribution in [0.3, 0.4) is 0 Å². The van der Waals surface area contributed by atoms with Crippen LogP contribution in [0.2, 0.25) is 0 Å². The Balaban J connectivity index is 1.47. The van der Waals surface area contributed by atoms with E-state index in [4.69, 9.17) is 9.15 Å². The lowest BCUT2D eigenvalue weighted by Gasteiger charge is -2.09. The smallest absolute Gasteiger partial charge is 0.277 e. The number of rotatable bonds is 8. The average Bonchev–Trinajstić information content (AvgIpc) is 3.17. The van der Waals surface area contributed by atoms with Crippen molar-refractivity contribution >= 4 is 23.4 Å². The van der Waals surface area contributed by atoms with E-state index in [0.29, 0.717) is 11.1 Å². The van der Waals surface area contributed by atoms with Crippen molar-refractivity contribution in [2.24, 2.45) is 0 Å². The molecule has 2 aromatic carbocycles. The molecule has 0 saturated heterocycles. The van der Waals surface area contributed by atoms with Crippen LogP contribution < -0.4 is 10.1 Å². The maximum absolute atomic E-state index is 12.2. The highest BCUT2D eigenvalue weighted by molar-refractivity contribution is 7.99. The van der Waals surface area contributed by atoms with Gasteiger partial charge in [-0.05, 0) is 55.2 Å². The molecule has 28 heavy (non-hydrogen) atoms. The van der Waals surface area contributed by atoms with Crippen molar-refractivity contribution in [2.45, 2.75) is 39.0 Å². The zero-order valence-electron chi connectivity index (χ0n) is 16.2. The third kappa shape index (κ3) is 5.36. The van der Waals surface area contributed by atoms with Gasteiger partial charge in [-0.25, -0.2) is 0 Å². The first-order valence-electron chi connectivity index (χ1n) is 9.08. The molecule has 0 aliphatic carbocycles. The Morgan fingerprint density at radius 1 is 1.14 bits per heavy atom. The van der Waals surface area contributed by atoms with Crippen LogP contribution in [0.5, 0.6) is 5.75 Å². The van der Waals surface area contributed by atoms with Crippen molar-refractivity contribution in [1.82, 2.24) is 10.2 Å². The molecule has 0 atom stereocenters. The molecule has 0 aliphatic heterocycles. The molecule has 1 amide bonds. The lowest BCUT2D eigenvalue weighted by atomic mass is 10.1. The van der Waals surface area contributed by atoms with Crippen molar-refractivity contribution in [2.75, 3.05) is 11.1 Å². The Bertz CT molecular complexity index is 938. The highest BCUT2D eigenvalue weighted by Crippen LogP contribution is 2.21. The zero-order chi connectivity index (χ0) is 19.9. The van der Waals surface area contributed by atoms with E-state index >= 15 is 0 Å². The molecule has 3 aromatic rings. The van der Waals surface area contributed by atoms with E-state index in [9.17, 15) is 4.79 Å². The summed E-state index contributed by atoms with van der Waals surface area (Å²) in [7, 11) is 0. The second-order valence-electron chi connectivity index (χ2n) is 6.33. The van der Waals surface area contributed by atoms with Gasteiger partial charge in [-0.15, -0.1) is 10.2 Å². The Kier molecular flexibility index (Phi) is 6.71. The van der Waals surface area contributed by atoms with Gasteiger partial charge < -0.3 is 14.5 Å². The van der Waals surface area contributed by atoms with Crippen LogP contribution in [0.1, 0.15) is 29.5 Å². The first-order chi connectivity index (χ1) is 13.5. The van der Waals surface area contributed by atoms with Crippen LogP contribution in [-0.2, 0) is 17.8 Å². The third-order valence-electron chi connectivity index (χ3n) is 4.35. The first kappa shape index (κ1) is 19.9. The molecule has 146 valence electrons. The Morgan fingerprint density at radius 3 is 2.68 bits per heavy atom. The first-order valence-corrected chi connectivity index (χ1v) is 10.1. The van der Waals surface area contributed by atoms with Gasteiger partial charge in [0.05, 0.1) is 5.75 Å². The maximum Gasteiger partial charge on any atom is 0.277 e. The predicted molar refractivity (Wildman–Crippen MR) is 110 cm³/mol. The Labute approximate surface area is 168 Å². The number of hydrogen-bond acceptors (Lipinski definition) is 6. The van der Waals surface area contributed by atoms with Gasteiger partial charge >= 0.3 is 0 Å². The molecule has 6 nitrogen and oxygen atoms in total. The number of amides is 1. The summed E-state index contributed by atoms with van der Waals surface area (Å²) in [6.45, 7) is 6.29. The molecule has 0 bridgehead atoms. The van der Waals surface area contributed by atoms with Gasteiger partial charge in [-0.3, -0.25) is 4.79 Å². The van der Waals surface area contributed by atoms with Crippen LogP contribution in [0.15, 0.2) is 52.1 Å². The standard InChI is InChI=1S/C21H23N3O3S/c1-4-16-8-10-17(11-9-16)26-12-20-23-24-21(27-20)28-13-19(25)22-18-7-5-6-14(2)15(18)3/h5-11H,4,12-13H2,1-3H3,(H,22,25). The van der Waals surface area contributed by atoms with Crippen molar-refractivity contribution in [3.8, 4) is 5.75 Å². The monoisotopic (exact) mass is 397 g/mol. The van der Waals surface area contributed by atoms with E-state index in [1.807, 2.05) is 56.3 Å². The van der Waals surface area contributed by atoms with Gasteiger partial charge in [0.2, 0.25) is 5.91 Å². The van der Waals surface area contributed by atoms with Gasteiger partial charge in [0.1, 0.15) is 5.75 Å². The van der Waals surface area contributed by atoms with Crippen LogP contribution >= 0.6 is 11.8 Å². The minimum absolute atomic E-state index is 0.120. The van der Waals surface area contributed by atoms with Crippen molar-refractivity contribution in [1.29, 1.82) is 0 Å². The number of aromatic nitrogens is 2. The highest BCUT2D eigenvalue weighted by atomic mass is 32.2. The summed E-state index contributed by atoms with van der Waals surface area (Å²) >= 11 is 1.20. The van der Waals surface area contributed by atoms with Gasteiger partial charge in [0.25, 0.3) is 11.1 Å². The summed E-state index contributed by atoms with van der Waals surface area (Å²) < 4.78 is 11.2. The number of aryl methyl sites for hydroxylation is 2. The molecule has 0 fully saturated rings. The number of ether oxygens (including phenoxy) is 1. The third-order valence-corrected chi connectivity index (χ3v) is 5.17.